The summed E-state index contributed by atoms with van der Waals surface area (Å²) in [5, 5.41) is 9.33. The SMILES string of the molecule is COc1cc2c(cc1OC)C1CC(N)C(C(=O)N3CCC[C@H]3C#N)CN1CC2. The number of hydrogen-bond donors (Lipinski definition) is 1. The fourth-order valence-electron chi connectivity index (χ4n) is 5.02. The second-order valence-corrected chi connectivity index (χ2v) is 7.99. The van der Waals surface area contributed by atoms with E-state index >= 15 is 0 Å². The van der Waals surface area contributed by atoms with Gasteiger partial charge in [0.05, 0.1) is 26.2 Å². The summed E-state index contributed by atoms with van der Waals surface area (Å²) in [6.45, 7) is 2.21. The summed E-state index contributed by atoms with van der Waals surface area (Å²) in [5.41, 5.74) is 9.00. The van der Waals surface area contributed by atoms with Gasteiger partial charge in [-0.25, -0.2) is 0 Å². The molecule has 0 bridgehead atoms. The molecule has 2 fully saturated rings. The molecule has 3 aliphatic rings. The number of hydrogen-bond acceptors (Lipinski definition) is 6. The summed E-state index contributed by atoms with van der Waals surface area (Å²) < 4.78 is 10.9. The molecule has 1 amide bonds. The lowest BCUT2D eigenvalue weighted by Gasteiger charge is -2.46. The van der Waals surface area contributed by atoms with Crippen molar-refractivity contribution in [3.8, 4) is 17.6 Å². The van der Waals surface area contributed by atoms with Gasteiger partial charge >= 0.3 is 0 Å². The molecule has 150 valence electrons. The zero-order valence-electron chi connectivity index (χ0n) is 16.6. The van der Waals surface area contributed by atoms with Crippen molar-refractivity contribution in [2.24, 2.45) is 11.7 Å². The van der Waals surface area contributed by atoms with E-state index in [2.05, 4.69) is 23.1 Å². The summed E-state index contributed by atoms with van der Waals surface area (Å²) in [6.07, 6.45) is 3.30. The van der Waals surface area contributed by atoms with Crippen LogP contribution >= 0.6 is 0 Å². The van der Waals surface area contributed by atoms with Gasteiger partial charge in [0, 0.05) is 31.7 Å². The molecule has 3 aliphatic heterocycles. The predicted octanol–water partition coefficient (Wildman–Crippen LogP) is 1.46. The van der Waals surface area contributed by atoms with Crippen LogP contribution < -0.4 is 15.2 Å². The van der Waals surface area contributed by atoms with Crippen LogP contribution in [0, 0.1) is 17.2 Å². The van der Waals surface area contributed by atoms with Gasteiger partial charge in [0.2, 0.25) is 5.91 Å². The monoisotopic (exact) mass is 384 g/mol. The fourth-order valence-corrected chi connectivity index (χ4v) is 5.02. The molecular formula is C21H28N4O3. The third kappa shape index (κ3) is 3.11. The van der Waals surface area contributed by atoms with Crippen LogP contribution in [0.2, 0.25) is 0 Å². The average molecular weight is 384 g/mol. The zero-order chi connectivity index (χ0) is 19.8. The Kier molecular flexibility index (Phi) is 5.17. The maximum atomic E-state index is 13.1. The fraction of sp³-hybridized carbons (Fsp3) is 0.619. The lowest BCUT2D eigenvalue weighted by Crippen LogP contribution is -2.56. The van der Waals surface area contributed by atoms with Gasteiger partial charge in [-0.3, -0.25) is 9.69 Å². The number of benzene rings is 1. The molecule has 7 nitrogen and oxygen atoms in total. The molecule has 2 N–H and O–H groups in total. The van der Waals surface area contributed by atoms with Crippen molar-refractivity contribution < 1.29 is 14.3 Å². The van der Waals surface area contributed by atoms with Crippen LogP contribution in [0.3, 0.4) is 0 Å². The van der Waals surface area contributed by atoms with Gasteiger partial charge < -0.3 is 20.1 Å². The van der Waals surface area contributed by atoms with Gasteiger partial charge in [0.15, 0.2) is 11.5 Å². The van der Waals surface area contributed by atoms with E-state index in [0.717, 1.165) is 43.7 Å². The molecule has 4 rings (SSSR count). The minimum atomic E-state index is -0.295. The molecule has 4 atom stereocenters. The number of amides is 1. The molecular weight excluding hydrogens is 356 g/mol. The predicted molar refractivity (Wildman–Crippen MR) is 104 cm³/mol. The van der Waals surface area contributed by atoms with Gasteiger partial charge in [0.1, 0.15) is 6.04 Å². The number of fused-ring (bicyclic) bond motifs is 3. The number of methoxy groups -OCH3 is 2. The molecule has 0 radical (unpaired) electrons. The average Bonchev–Trinajstić information content (AvgIpc) is 3.20. The number of piperidine rings is 1. The molecule has 0 spiro atoms. The second-order valence-electron chi connectivity index (χ2n) is 7.99. The van der Waals surface area contributed by atoms with Gasteiger partial charge in [-0.05, 0) is 48.9 Å². The van der Waals surface area contributed by atoms with Gasteiger partial charge in [-0.15, -0.1) is 0 Å². The molecule has 0 aromatic heterocycles. The Morgan fingerprint density at radius 2 is 2.00 bits per heavy atom. The Labute approximate surface area is 166 Å². The molecule has 7 heteroatoms. The lowest BCUT2D eigenvalue weighted by molar-refractivity contribution is -0.138. The normalized spacial score (nSPS) is 29.6. The van der Waals surface area contributed by atoms with Gasteiger partial charge in [-0.1, -0.05) is 0 Å². The quantitative estimate of drug-likeness (QED) is 0.848. The topological polar surface area (TPSA) is 91.8 Å². The number of likely N-dealkylation sites (tertiary alicyclic amines) is 1. The largest absolute Gasteiger partial charge is 0.493 e. The molecule has 3 unspecified atom stereocenters. The van der Waals surface area contributed by atoms with Crippen molar-refractivity contribution in [3.05, 3.63) is 23.3 Å². The van der Waals surface area contributed by atoms with Crippen molar-refractivity contribution in [2.75, 3.05) is 33.9 Å². The first-order valence-electron chi connectivity index (χ1n) is 10.0. The number of nitrogens with zero attached hydrogens (tertiary/aromatic N) is 3. The third-order valence-electron chi connectivity index (χ3n) is 6.56. The molecule has 0 saturated carbocycles. The number of rotatable bonds is 3. The van der Waals surface area contributed by atoms with Gasteiger partial charge in [-0.2, -0.15) is 5.26 Å². The van der Waals surface area contributed by atoms with Crippen molar-refractivity contribution in [1.82, 2.24) is 9.80 Å². The first kappa shape index (κ1) is 19.0. The minimum absolute atomic E-state index is 0.0492. The minimum Gasteiger partial charge on any atom is -0.493 e. The van der Waals surface area contributed by atoms with Crippen LogP contribution in [0.15, 0.2) is 12.1 Å². The van der Waals surface area contributed by atoms with Crippen LogP contribution in [0.4, 0.5) is 0 Å². The Balaban J connectivity index is 1.57. The van der Waals surface area contributed by atoms with E-state index < -0.39 is 0 Å². The Hall–Kier alpha value is -2.30. The number of ether oxygens (including phenoxy) is 2. The van der Waals surface area contributed by atoms with Crippen molar-refractivity contribution >= 4 is 5.91 Å². The zero-order valence-corrected chi connectivity index (χ0v) is 16.6. The Morgan fingerprint density at radius 3 is 2.71 bits per heavy atom. The van der Waals surface area contributed by atoms with E-state index in [1.54, 1.807) is 19.1 Å². The summed E-state index contributed by atoms with van der Waals surface area (Å²) in [4.78, 5) is 17.2. The van der Waals surface area contributed by atoms with E-state index in [1.807, 2.05) is 0 Å². The molecule has 3 heterocycles. The molecule has 28 heavy (non-hydrogen) atoms. The lowest BCUT2D eigenvalue weighted by atomic mass is 9.80. The first-order valence-corrected chi connectivity index (χ1v) is 10.0. The maximum Gasteiger partial charge on any atom is 0.229 e. The number of carbonyl (C=O) groups excluding carboxylic acids is 1. The van der Waals surface area contributed by atoms with Crippen LogP contribution in [0.25, 0.3) is 0 Å². The summed E-state index contributed by atoms with van der Waals surface area (Å²) in [5.74, 6) is 1.28. The Bertz CT molecular complexity index is 806. The van der Waals surface area contributed by atoms with Crippen LogP contribution in [0.5, 0.6) is 11.5 Å². The van der Waals surface area contributed by atoms with Crippen LogP contribution in [-0.2, 0) is 11.2 Å². The standard InChI is InChI=1S/C21H28N4O3/c1-27-19-8-13-5-7-24-12-16(21(26)25-6-3-4-14(25)11-22)17(23)10-18(24)15(13)9-20(19)28-2/h8-9,14,16-18H,3-7,10,12,23H2,1-2H3/t14-,16?,17?,18?/m0/s1. The van der Waals surface area contributed by atoms with E-state index in [0.29, 0.717) is 13.1 Å². The summed E-state index contributed by atoms with van der Waals surface area (Å²) in [6, 6.07) is 6.07. The highest BCUT2D eigenvalue weighted by molar-refractivity contribution is 5.81. The van der Waals surface area contributed by atoms with E-state index in [1.165, 1.54) is 11.1 Å². The number of nitrogens with two attached hydrogens (primary N) is 1. The maximum absolute atomic E-state index is 13.1. The summed E-state index contributed by atoms with van der Waals surface area (Å²) >= 11 is 0. The van der Waals surface area contributed by atoms with Crippen molar-refractivity contribution in [1.29, 1.82) is 5.26 Å². The van der Waals surface area contributed by atoms with E-state index in [9.17, 15) is 10.1 Å². The first-order chi connectivity index (χ1) is 13.6. The second kappa shape index (κ2) is 7.61. The summed E-state index contributed by atoms with van der Waals surface area (Å²) in [7, 11) is 3.30. The molecule has 1 aromatic rings. The van der Waals surface area contributed by atoms with Crippen molar-refractivity contribution in [3.63, 3.8) is 0 Å². The molecule has 1 aromatic carbocycles. The molecule has 2 saturated heterocycles. The highest BCUT2D eigenvalue weighted by Crippen LogP contribution is 2.42. The smallest absolute Gasteiger partial charge is 0.229 e. The highest BCUT2D eigenvalue weighted by atomic mass is 16.5. The van der Waals surface area contributed by atoms with Crippen LogP contribution in [0.1, 0.15) is 36.4 Å². The van der Waals surface area contributed by atoms with E-state index in [-0.39, 0.29) is 30.0 Å². The number of carbonyl (C=O) groups is 1. The highest BCUT2D eigenvalue weighted by Gasteiger charge is 2.43. The van der Waals surface area contributed by atoms with Crippen molar-refractivity contribution in [2.45, 2.75) is 43.8 Å². The van der Waals surface area contributed by atoms with Gasteiger partial charge in [0.25, 0.3) is 0 Å². The Morgan fingerprint density at radius 1 is 1.25 bits per heavy atom. The van der Waals surface area contributed by atoms with Crippen LogP contribution in [-0.4, -0.2) is 61.6 Å². The molecule has 0 aliphatic carbocycles. The third-order valence-corrected chi connectivity index (χ3v) is 6.56. The van der Waals surface area contributed by atoms with E-state index in [4.69, 9.17) is 15.2 Å². The number of nitriles is 1.